The van der Waals surface area contributed by atoms with Gasteiger partial charge in [-0.05, 0) is 32.0 Å². The van der Waals surface area contributed by atoms with Crippen LogP contribution in [-0.2, 0) is 13.6 Å². The number of carbonyl (C=O) groups excluding carboxylic acids is 1. The predicted octanol–water partition coefficient (Wildman–Crippen LogP) is 1.67. The lowest BCUT2D eigenvalue weighted by Gasteiger charge is -2.11. The van der Waals surface area contributed by atoms with Crippen LogP contribution in [0.15, 0.2) is 24.4 Å². The van der Waals surface area contributed by atoms with Crippen LogP contribution in [0.5, 0.6) is 0 Å². The Morgan fingerprint density at radius 2 is 2.19 bits per heavy atom. The number of hydrogen-bond donors (Lipinski definition) is 3. The lowest BCUT2D eigenvalue weighted by Crippen LogP contribution is -2.22. The highest BCUT2D eigenvalue weighted by atomic mass is 16.1. The minimum Gasteiger partial charge on any atom is -0.397 e. The molecule has 0 radical (unpaired) electrons. The molecule has 0 aliphatic carbocycles. The van der Waals surface area contributed by atoms with Crippen molar-refractivity contribution in [3.8, 4) is 0 Å². The molecule has 0 unspecified atom stereocenters. The van der Waals surface area contributed by atoms with Crippen molar-refractivity contribution in [3.05, 3.63) is 41.2 Å². The second-order valence-electron chi connectivity index (χ2n) is 4.93. The Balaban J connectivity index is 2.14. The summed E-state index contributed by atoms with van der Waals surface area (Å²) in [6.07, 6.45) is 1.96. The molecule has 2 aromatic rings. The number of nitrogens with zero attached hydrogens (tertiary/aromatic N) is 2. The van der Waals surface area contributed by atoms with Gasteiger partial charge in [-0.25, -0.2) is 0 Å². The van der Waals surface area contributed by atoms with E-state index >= 15 is 0 Å². The summed E-state index contributed by atoms with van der Waals surface area (Å²) < 4.78 is 1.78. The average Bonchev–Trinajstić information content (AvgIpc) is 2.76. The largest absolute Gasteiger partial charge is 0.397 e. The zero-order valence-corrected chi connectivity index (χ0v) is 12.6. The van der Waals surface area contributed by atoms with Gasteiger partial charge in [-0.15, -0.1) is 0 Å². The molecule has 6 heteroatoms. The number of rotatable bonds is 5. The molecule has 0 saturated carbocycles. The predicted molar refractivity (Wildman–Crippen MR) is 84.1 cm³/mol. The molecule has 1 aromatic carbocycles. The molecule has 0 atom stereocenters. The first-order chi connectivity index (χ1) is 10.0. The number of nitrogen functional groups attached to an aromatic ring is 1. The first-order valence-electron chi connectivity index (χ1n) is 6.92. The van der Waals surface area contributed by atoms with E-state index in [0.29, 0.717) is 24.3 Å². The topological polar surface area (TPSA) is 85.0 Å². The Hall–Kier alpha value is -2.50. The van der Waals surface area contributed by atoms with Crippen molar-refractivity contribution in [3.63, 3.8) is 0 Å². The number of anilines is 2. The summed E-state index contributed by atoms with van der Waals surface area (Å²) >= 11 is 0. The van der Waals surface area contributed by atoms with Gasteiger partial charge in [-0.1, -0.05) is 0 Å². The van der Waals surface area contributed by atoms with Crippen molar-refractivity contribution in [2.45, 2.75) is 20.4 Å². The summed E-state index contributed by atoms with van der Waals surface area (Å²) in [5, 5.41) is 10.3. The smallest absolute Gasteiger partial charge is 0.251 e. The van der Waals surface area contributed by atoms with Gasteiger partial charge in [0, 0.05) is 37.5 Å². The quantitative estimate of drug-likeness (QED) is 0.730. The van der Waals surface area contributed by atoms with Crippen LogP contribution in [0.3, 0.4) is 0 Å². The van der Waals surface area contributed by atoms with E-state index in [2.05, 4.69) is 15.7 Å². The molecule has 1 aromatic heterocycles. The van der Waals surface area contributed by atoms with Crippen LogP contribution in [0, 0.1) is 6.92 Å². The summed E-state index contributed by atoms with van der Waals surface area (Å²) in [6.45, 7) is 5.06. The molecule has 1 amide bonds. The third kappa shape index (κ3) is 3.53. The van der Waals surface area contributed by atoms with Gasteiger partial charge in [0.1, 0.15) is 0 Å². The summed E-state index contributed by atoms with van der Waals surface area (Å²) in [6, 6.07) is 5.23. The van der Waals surface area contributed by atoms with Gasteiger partial charge in [0.25, 0.3) is 5.91 Å². The van der Waals surface area contributed by atoms with Crippen molar-refractivity contribution >= 4 is 17.3 Å². The van der Waals surface area contributed by atoms with Crippen LogP contribution in [0.25, 0.3) is 0 Å². The zero-order chi connectivity index (χ0) is 15.4. The lowest BCUT2D eigenvalue weighted by molar-refractivity contribution is 0.0956. The minimum absolute atomic E-state index is 0.0990. The van der Waals surface area contributed by atoms with Crippen LogP contribution < -0.4 is 16.4 Å². The number of benzene rings is 1. The van der Waals surface area contributed by atoms with E-state index in [4.69, 9.17) is 5.73 Å². The summed E-state index contributed by atoms with van der Waals surface area (Å²) in [5.41, 5.74) is 9.99. The second-order valence-corrected chi connectivity index (χ2v) is 4.93. The molecule has 1 heterocycles. The summed E-state index contributed by atoms with van der Waals surface area (Å²) in [7, 11) is 1.89. The van der Waals surface area contributed by atoms with Crippen molar-refractivity contribution < 1.29 is 4.79 Å². The molecule has 4 N–H and O–H groups in total. The molecule has 0 fully saturated rings. The van der Waals surface area contributed by atoms with Crippen molar-refractivity contribution in [2.75, 3.05) is 17.6 Å². The monoisotopic (exact) mass is 287 g/mol. The molecule has 21 heavy (non-hydrogen) atoms. The fourth-order valence-electron chi connectivity index (χ4n) is 2.13. The Bertz CT molecular complexity index is 648. The van der Waals surface area contributed by atoms with Gasteiger partial charge in [0.05, 0.1) is 17.1 Å². The highest BCUT2D eigenvalue weighted by Crippen LogP contribution is 2.21. The van der Waals surface area contributed by atoms with Gasteiger partial charge in [-0.3, -0.25) is 9.48 Å². The number of aryl methyl sites for hydroxylation is 2. The van der Waals surface area contributed by atoms with E-state index in [1.807, 2.05) is 27.1 Å². The molecule has 2 rings (SSSR count). The maximum Gasteiger partial charge on any atom is 0.251 e. The molecule has 0 bridgehead atoms. The maximum absolute atomic E-state index is 11.8. The molecule has 0 aliphatic rings. The van der Waals surface area contributed by atoms with Crippen LogP contribution in [0.1, 0.15) is 28.5 Å². The number of hydrogen-bond acceptors (Lipinski definition) is 4. The van der Waals surface area contributed by atoms with E-state index in [0.717, 1.165) is 16.9 Å². The standard InChI is InChI=1S/C15H21N5O/c1-4-17-15(21)11-5-6-13(16)14(7-11)18-8-12-9-20(3)19-10(12)2/h5-7,9,18H,4,8,16H2,1-3H3,(H,17,21). The third-order valence-corrected chi connectivity index (χ3v) is 3.24. The second kappa shape index (κ2) is 6.30. The van der Waals surface area contributed by atoms with E-state index in [9.17, 15) is 4.79 Å². The number of carbonyl (C=O) groups is 1. The van der Waals surface area contributed by atoms with Crippen molar-refractivity contribution in [2.24, 2.45) is 7.05 Å². The van der Waals surface area contributed by atoms with E-state index in [1.54, 1.807) is 22.9 Å². The molecule has 0 aliphatic heterocycles. The number of nitrogens with one attached hydrogen (secondary N) is 2. The molecule has 0 spiro atoms. The van der Waals surface area contributed by atoms with E-state index in [1.165, 1.54) is 0 Å². The fourth-order valence-corrected chi connectivity index (χ4v) is 2.13. The molecular formula is C15H21N5O. The van der Waals surface area contributed by atoms with Crippen molar-refractivity contribution in [1.29, 1.82) is 0 Å². The number of amides is 1. The molecule has 112 valence electrons. The third-order valence-electron chi connectivity index (χ3n) is 3.24. The SMILES string of the molecule is CCNC(=O)c1ccc(N)c(NCc2cn(C)nc2C)c1. The van der Waals surface area contributed by atoms with Gasteiger partial charge < -0.3 is 16.4 Å². The Labute approximate surface area is 124 Å². The van der Waals surface area contributed by atoms with E-state index < -0.39 is 0 Å². The maximum atomic E-state index is 11.8. The first-order valence-corrected chi connectivity index (χ1v) is 6.92. The zero-order valence-electron chi connectivity index (χ0n) is 12.6. The Morgan fingerprint density at radius 3 is 2.81 bits per heavy atom. The van der Waals surface area contributed by atoms with Gasteiger partial charge in [0.15, 0.2) is 0 Å². The van der Waals surface area contributed by atoms with Crippen LogP contribution in [0.4, 0.5) is 11.4 Å². The minimum atomic E-state index is -0.0990. The highest BCUT2D eigenvalue weighted by Gasteiger charge is 2.09. The Morgan fingerprint density at radius 1 is 1.43 bits per heavy atom. The highest BCUT2D eigenvalue weighted by molar-refractivity contribution is 5.96. The Kier molecular flexibility index (Phi) is 4.47. The summed E-state index contributed by atoms with van der Waals surface area (Å²) in [4.78, 5) is 11.8. The number of aromatic nitrogens is 2. The summed E-state index contributed by atoms with van der Waals surface area (Å²) in [5.74, 6) is -0.0990. The van der Waals surface area contributed by atoms with Crippen LogP contribution >= 0.6 is 0 Å². The van der Waals surface area contributed by atoms with E-state index in [-0.39, 0.29) is 5.91 Å². The van der Waals surface area contributed by atoms with Gasteiger partial charge in [-0.2, -0.15) is 5.10 Å². The first kappa shape index (κ1) is 14.9. The van der Waals surface area contributed by atoms with Gasteiger partial charge in [0.2, 0.25) is 0 Å². The fraction of sp³-hybridized carbons (Fsp3) is 0.333. The molecule has 0 saturated heterocycles. The molecule has 6 nitrogen and oxygen atoms in total. The average molecular weight is 287 g/mol. The van der Waals surface area contributed by atoms with Crippen LogP contribution in [0.2, 0.25) is 0 Å². The normalized spacial score (nSPS) is 10.4. The number of nitrogens with two attached hydrogens (primary N) is 1. The van der Waals surface area contributed by atoms with Gasteiger partial charge >= 0.3 is 0 Å². The molecular weight excluding hydrogens is 266 g/mol. The van der Waals surface area contributed by atoms with Crippen molar-refractivity contribution in [1.82, 2.24) is 15.1 Å². The van der Waals surface area contributed by atoms with Crippen LogP contribution in [-0.4, -0.2) is 22.2 Å². The lowest BCUT2D eigenvalue weighted by atomic mass is 10.1.